The molecule has 0 aromatic carbocycles. The minimum absolute atomic E-state index is 0.00352. The van der Waals surface area contributed by atoms with Crippen molar-refractivity contribution >= 4 is 5.91 Å². The highest BCUT2D eigenvalue weighted by Gasteiger charge is 2.28. The molecule has 4 nitrogen and oxygen atoms in total. The van der Waals surface area contributed by atoms with Crippen molar-refractivity contribution in [2.45, 2.75) is 25.8 Å². The Kier molecular flexibility index (Phi) is 4.54. The summed E-state index contributed by atoms with van der Waals surface area (Å²) in [4.78, 5) is 15.2. The van der Waals surface area contributed by atoms with Gasteiger partial charge in [0.1, 0.15) is 0 Å². The maximum Gasteiger partial charge on any atom is 0.219 e. The molecule has 1 rings (SSSR count). The van der Waals surface area contributed by atoms with Gasteiger partial charge in [0.2, 0.25) is 5.91 Å². The fourth-order valence-electron chi connectivity index (χ4n) is 2.23. The van der Waals surface area contributed by atoms with E-state index < -0.39 is 0 Å². The summed E-state index contributed by atoms with van der Waals surface area (Å²) in [5.74, 6) is 0.480. The number of aliphatic hydroxyl groups is 1. The molecule has 1 unspecified atom stereocenters. The standard InChI is InChI=1S/C11H22N2O2/c1-9(15)13(3)11(8-14)10-4-6-12(2)7-5-10/h10-11,14H,4-8H2,1-3H3. The van der Waals surface area contributed by atoms with Gasteiger partial charge in [0.25, 0.3) is 0 Å². The third kappa shape index (κ3) is 3.18. The van der Waals surface area contributed by atoms with Crippen LogP contribution in [0, 0.1) is 5.92 Å². The van der Waals surface area contributed by atoms with E-state index >= 15 is 0 Å². The Labute approximate surface area is 91.9 Å². The Morgan fingerprint density at radius 3 is 2.47 bits per heavy atom. The van der Waals surface area contributed by atoms with Gasteiger partial charge in [0.05, 0.1) is 12.6 Å². The third-order valence-corrected chi connectivity index (χ3v) is 3.49. The van der Waals surface area contributed by atoms with Crippen LogP contribution in [0.4, 0.5) is 0 Å². The minimum Gasteiger partial charge on any atom is -0.394 e. The highest BCUT2D eigenvalue weighted by atomic mass is 16.3. The number of rotatable bonds is 3. The molecule has 1 atom stereocenters. The zero-order valence-corrected chi connectivity index (χ0v) is 9.94. The molecule has 1 fully saturated rings. The molecule has 4 heteroatoms. The second-order valence-electron chi connectivity index (χ2n) is 4.52. The van der Waals surface area contributed by atoms with Crippen molar-refractivity contribution in [2.75, 3.05) is 33.8 Å². The van der Waals surface area contributed by atoms with Crippen molar-refractivity contribution in [1.82, 2.24) is 9.80 Å². The Bertz CT molecular complexity index is 213. The number of likely N-dealkylation sites (tertiary alicyclic amines) is 1. The van der Waals surface area contributed by atoms with Crippen LogP contribution in [-0.4, -0.2) is 60.6 Å². The molecule has 0 aliphatic carbocycles. The van der Waals surface area contributed by atoms with Gasteiger partial charge >= 0.3 is 0 Å². The molecule has 1 aliphatic heterocycles. The Balaban J connectivity index is 2.55. The molecule has 0 aromatic heterocycles. The first kappa shape index (κ1) is 12.5. The number of hydrogen-bond acceptors (Lipinski definition) is 3. The van der Waals surface area contributed by atoms with Gasteiger partial charge in [0.15, 0.2) is 0 Å². The lowest BCUT2D eigenvalue weighted by atomic mass is 9.89. The molecule has 15 heavy (non-hydrogen) atoms. The Hall–Kier alpha value is -0.610. The molecular formula is C11H22N2O2. The van der Waals surface area contributed by atoms with Crippen LogP contribution in [0.15, 0.2) is 0 Å². The predicted octanol–water partition coefficient (Wildman–Crippen LogP) is 0.167. The van der Waals surface area contributed by atoms with Gasteiger partial charge in [-0.2, -0.15) is 0 Å². The average Bonchev–Trinajstić information content (AvgIpc) is 2.21. The van der Waals surface area contributed by atoms with Crippen molar-refractivity contribution in [1.29, 1.82) is 0 Å². The van der Waals surface area contributed by atoms with Crippen LogP contribution < -0.4 is 0 Å². The van der Waals surface area contributed by atoms with Crippen LogP contribution in [0.2, 0.25) is 0 Å². The molecule has 1 saturated heterocycles. The highest BCUT2D eigenvalue weighted by molar-refractivity contribution is 5.73. The Morgan fingerprint density at radius 2 is 2.07 bits per heavy atom. The lowest BCUT2D eigenvalue weighted by Crippen LogP contribution is -2.47. The highest BCUT2D eigenvalue weighted by Crippen LogP contribution is 2.22. The molecule has 1 heterocycles. The molecule has 88 valence electrons. The van der Waals surface area contributed by atoms with E-state index in [1.165, 1.54) is 0 Å². The number of likely N-dealkylation sites (N-methyl/N-ethyl adjacent to an activating group) is 1. The summed E-state index contributed by atoms with van der Waals surface area (Å²) in [6, 6.07) is -0.00352. The van der Waals surface area contributed by atoms with Crippen LogP contribution in [0.5, 0.6) is 0 Å². The first-order chi connectivity index (χ1) is 7.06. The second-order valence-corrected chi connectivity index (χ2v) is 4.52. The van der Waals surface area contributed by atoms with E-state index in [-0.39, 0.29) is 18.6 Å². The number of piperidine rings is 1. The monoisotopic (exact) mass is 214 g/mol. The number of aliphatic hydroxyl groups excluding tert-OH is 1. The number of nitrogens with zero attached hydrogens (tertiary/aromatic N) is 2. The first-order valence-electron chi connectivity index (χ1n) is 5.59. The summed E-state index contributed by atoms with van der Waals surface area (Å²) < 4.78 is 0. The number of amides is 1. The van der Waals surface area contributed by atoms with Crippen LogP contribution in [0.1, 0.15) is 19.8 Å². The van der Waals surface area contributed by atoms with E-state index in [4.69, 9.17) is 0 Å². The lowest BCUT2D eigenvalue weighted by Gasteiger charge is -2.37. The van der Waals surface area contributed by atoms with Crippen molar-refractivity contribution in [2.24, 2.45) is 5.92 Å². The van der Waals surface area contributed by atoms with Gasteiger partial charge in [-0.15, -0.1) is 0 Å². The molecule has 1 N–H and O–H groups in total. The maximum atomic E-state index is 11.3. The molecule has 0 spiro atoms. The van der Waals surface area contributed by atoms with Crippen molar-refractivity contribution in [3.8, 4) is 0 Å². The van der Waals surface area contributed by atoms with Gasteiger partial charge in [-0.05, 0) is 38.9 Å². The fraction of sp³-hybridized carbons (Fsp3) is 0.909. The Morgan fingerprint density at radius 1 is 1.53 bits per heavy atom. The van der Waals surface area contributed by atoms with Gasteiger partial charge in [-0.25, -0.2) is 0 Å². The van der Waals surface area contributed by atoms with E-state index in [1.54, 1.807) is 18.9 Å². The second kappa shape index (κ2) is 5.47. The van der Waals surface area contributed by atoms with Gasteiger partial charge < -0.3 is 14.9 Å². The van der Waals surface area contributed by atoms with E-state index in [9.17, 15) is 9.90 Å². The zero-order chi connectivity index (χ0) is 11.4. The average molecular weight is 214 g/mol. The molecular weight excluding hydrogens is 192 g/mol. The van der Waals surface area contributed by atoms with E-state index in [0.717, 1.165) is 25.9 Å². The summed E-state index contributed by atoms with van der Waals surface area (Å²) >= 11 is 0. The van der Waals surface area contributed by atoms with E-state index in [2.05, 4.69) is 11.9 Å². The maximum absolute atomic E-state index is 11.3. The predicted molar refractivity (Wildman–Crippen MR) is 59.5 cm³/mol. The topological polar surface area (TPSA) is 43.8 Å². The number of carbonyl (C=O) groups is 1. The quantitative estimate of drug-likeness (QED) is 0.728. The molecule has 0 saturated carbocycles. The van der Waals surface area contributed by atoms with Gasteiger partial charge in [-0.3, -0.25) is 4.79 Å². The number of carbonyl (C=O) groups excluding carboxylic acids is 1. The van der Waals surface area contributed by atoms with Crippen LogP contribution >= 0.6 is 0 Å². The minimum atomic E-state index is -0.00352. The summed E-state index contributed by atoms with van der Waals surface area (Å²) in [6.07, 6.45) is 2.14. The molecule has 1 aliphatic rings. The van der Waals surface area contributed by atoms with Gasteiger partial charge in [-0.1, -0.05) is 0 Å². The van der Waals surface area contributed by atoms with E-state index in [0.29, 0.717) is 5.92 Å². The van der Waals surface area contributed by atoms with Gasteiger partial charge in [0, 0.05) is 14.0 Å². The van der Waals surface area contributed by atoms with Crippen LogP contribution in [0.3, 0.4) is 0 Å². The normalized spacial score (nSPS) is 21.3. The summed E-state index contributed by atoms with van der Waals surface area (Å²) in [5, 5.41) is 9.36. The summed E-state index contributed by atoms with van der Waals surface area (Å²) in [7, 11) is 3.89. The molecule has 0 radical (unpaired) electrons. The zero-order valence-electron chi connectivity index (χ0n) is 9.94. The van der Waals surface area contributed by atoms with Crippen molar-refractivity contribution in [3.05, 3.63) is 0 Å². The lowest BCUT2D eigenvalue weighted by molar-refractivity contribution is -0.132. The fourth-order valence-corrected chi connectivity index (χ4v) is 2.23. The van der Waals surface area contributed by atoms with Crippen LogP contribution in [0.25, 0.3) is 0 Å². The number of hydrogen-bond donors (Lipinski definition) is 1. The molecule has 0 bridgehead atoms. The summed E-state index contributed by atoms with van der Waals surface area (Å²) in [6.45, 7) is 3.75. The van der Waals surface area contributed by atoms with Crippen LogP contribution in [-0.2, 0) is 4.79 Å². The smallest absolute Gasteiger partial charge is 0.219 e. The summed E-state index contributed by atoms with van der Waals surface area (Å²) in [5.41, 5.74) is 0. The largest absolute Gasteiger partial charge is 0.394 e. The third-order valence-electron chi connectivity index (χ3n) is 3.49. The molecule has 0 aromatic rings. The van der Waals surface area contributed by atoms with Crippen molar-refractivity contribution < 1.29 is 9.90 Å². The van der Waals surface area contributed by atoms with E-state index in [1.807, 2.05) is 0 Å². The SMILES string of the molecule is CC(=O)N(C)C(CO)C1CCN(C)CC1. The first-order valence-corrected chi connectivity index (χ1v) is 5.59. The molecule has 1 amide bonds. The van der Waals surface area contributed by atoms with Crippen molar-refractivity contribution in [3.63, 3.8) is 0 Å².